The second kappa shape index (κ2) is 6.40. The molecule has 5 heteroatoms. The topological polar surface area (TPSA) is 38.8 Å². The molecule has 1 aliphatic heterocycles. The summed E-state index contributed by atoms with van der Waals surface area (Å²) in [6, 6.07) is 6.00. The van der Waals surface area contributed by atoms with E-state index in [9.17, 15) is 4.79 Å². The van der Waals surface area contributed by atoms with Crippen LogP contribution in [-0.2, 0) is 11.3 Å². The number of hydrogen-bond acceptors (Lipinski definition) is 3. The molecule has 146 valence electrons. The second-order valence-electron chi connectivity index (χ2n) is 9.38. The lowest BCUT2D eigenvalue weighted by molar-refractivity contribution is -0.138. The molecule has 2 atom stereocenters. The molecule has 6 rings (SSSR count). The number of alkyl halides is 1. The number of amides is 1. The summed E-state index contributed by atoms with van der Waals surface area (Å²) in [6.45, 7) is 3.76. The van der Waals surface area contributed by atoms with Crippen LogP contribution in [0.2, 0.25) is 0 Å². The summed E-state index contributed by atoms with van der Waals surface area (Å²) in [5, 5.41) is 0. The maximum atomic E-state index is 13.3. The number of fused-ring (bicyclic) bond motifs is 1. The first-order valence-electron chi connectivity index (χ1n) is 10.3. The van der Waals surface area contributed by atoms with Gasteiger partial charge in [0, 0.05) is 23.8 Å². The van der Waals surface area contributed by atoms with E-state index in [0.717, 1.165) is 35.4 Å². The highest BCUT2D eigenvalue weighted by atomic mass is 79.9. The average Bonchev–Trinajstić information content (AvgIpc) is 3.04. The van der Waals surface area contributed by atoms with E-state index in [1.54, 1.807) is 0 Å². The van der Waals surface area contributed by atoms with Crippen LogP contribution in [0.3, 0.4) is 0 Å². The third kappa shape index (κ3) is 3.26. The molecule has 1 aromatic rings. The maximum Gasteiger partial charge on any atom is 0.231 e. The first kappa shape index (κ1) is 17.8. The quantitative estimate of drug-likeness (QED) is 0.620. The number of halogens is 1. The lowest BCUT2D eigenvalue weighted by Crippen LogP contribution is -2.54. The Morgan fingerprint density at radius 1 is 1.19 bits per heavy atom. The Kier molecular flexibility index (Phi) is 4.23. The van der Waals surface area contributed by atoms with Gasteiger partial charge in [-0.15, -0.1) is 0 Å². The zero-order valence-corrected chi connectivity index (χ0v) is 17.6. The van der Waals surface area contributed by atoms with Gasteiger partial charge in [0.25, 0.3) is 0 Å². The first-order chi connectivity index (χ1) is 13.0. The molecule has 0 saturated heterocycles. The van der Waals surface area contributed by atoms with E-state index in [1.807, 2.05) is 23.1 Å². The van der Waals surface area contributed by atoms with Gasteiger partial charge in [0.15, 0.2) is 11.5 Å². The van der Waals surface area contributed by atoms with Crippen molar-refractivity contribution in [2.24, 2.45) is 17.3 Å². The van der Waals surface area contributed by atoms with E-state index in [2.05, 4.69) is 22.9 Å². The number of rotatable bonds is 5. The molecule has 4 nitrogen and oxygen atoms in total. The van der Waals surface area contributed by atoms with Crippen LogP contribution in [0.1, 0.15) is 57.4 Å². The van der Waals surface area contributed by atoms with E-state index in [4.69, 9.17) is 9.47 Å². The van der Waals surface area contributed by atoms with Crippen molar-refractivity contribution >= 4 is 21.8 Å². The standard InChI is InChI=1S/C22H28BrNO3/c1-2-24(12-15-3-4-18-19(6-15)27-14-26-18)20(25)11-21-7-16-5-17(8-21)10-22(23,9-16)13-21/h3-4,6,16-17H,2,5,7-14H2,1H3. The molecule has 4 fully saturated rings. The molecule has 4 saturated carbocycles. The Labute approximate surface area is 169 Å². The number of carbonyl (C=O) groups is 1. The zero-order valence-electron chi connectivity index (χ0n) is 16.0. The summed E-state index contributed by atoms with van der Waals surface area (Å²) >= 11 is 4.07. The molecule has 1 aromatic carbocycles. The molecular formula is C22H28BrNO3. The summed E-state index contributed by atoms with van der Waals surface area (Å²) < 4.78 is 11.2. The monoisotopic (exact) mass is 433 g/mol. The van der Waals surface area contributed by atoms with Gasteiger partial charge in [0.1, 0.15) is 0 Å². The van der Waals surface area contributed by atoms with Gasteiger partial charge < -0.3 is 14.4 Å². The minimum atomic E-state index is 0.229. The van der Waals surface area contributed by atoms with Crippen molar-refractivity contribution in [3.8, 4) is 11.5 Å². The second-order valence-corrected chi connectivity index (χ2v) is 11.1. The Bertz CT molecular complexity index is 750. The highest BCUT2D eigenvalue weighted by molar-refractivity contribution is 9.10. The predicted molar refractivity (Wildman–Crippen MR) is 107 cm³/mol. The SMILES string of the molecule is CCN(Cc1ccc2c(c1)OCO2)C(=O)CC12CC3CC(CC(Br)(C3)C1)C2. The molecule has 4 bridgehead atoms. The van der Waals surface area contributed by atoms with E-state index in [-0.39, 0.29) is 12.2 Å². The van der Waals surface area contributed by atoms with Gasteiger partial charge in [0.2, 0.25) is 12.7 Å². The largest absolute Gasteiger partial charge is 0.454 e. The van der Waals surface area contributed by atoms with Crippen molar-refractivity contribution in [1.82, 2.24) is 4.90 Å². The highest BCUT2D eigenvalue weighted by Gasteiger charge is 2.57. The van der Waals surface area contributed by atoms with Gasteiger partial charge in [-0.3, -0.25) is 4.79 Å². The fraction of sp³-hybridized carbons (Fsp3) is 0.682. The normalized spacial score (nSPS) is 35.5. The third-order valence-electron chi connectivity index (χ3n) is 7.18. The van der Waals surface area contributed by atoms with Crippen LogP contribution >= 0.6 is 15.9 Å². The fourth-order valence-electron chi connectivity index (χ4n) is 6.61. The number of nitrogens with zero attached hydrogens (tertiary/aromatic N) is 1. The number of hydrogen-bond donors (Lipinski definition) is 0. The molecule has 5 aliphatic rings. The molecule has 0 aromatic heterocycles. The molecule has 0 spiro atoms. The van der Waals surface area contributed by atoms with Gasteiger partial charge in [-0.05, 0) is 80.4 Å². The summed E-state index contributed by atoms with van der Waals surface area (Å²) in [5.74, 6) is 3.54. The Balaban J connectivity index is 1.29. The van der Waals surface area contributed by atoms with Crippen LogP contribution in [0.4, 0.5) is 0 Å². The highest BCUT2D eigenvalue weighted by Crippen LogP contribution is 2.65. The van der Waals surface area contributed by atoms with Gasteiger partial charge in [-0.2, -0.15) is 0 Å². The van der Waals surface area contributed by atoms with Crippen LogP contribution < -0.4 is 9.47 Å². The molecular weight excluding hydrogens is 406 g/mol. The number of carbonyl (C=O) groups excluding carboxylic acids is 1. The van der Waals surface area contributed by atoms with Crippen LogP contribution in [-0.4, -0.2) is 28.5 Å². The van der Waals surface area contributed by atoms with E-state index >= 15 is 0 Å². The molecule has 1 heterocycles. The van der Waals surface area contributed by atoms with Crippen molar-refractivity contribution in [1.29, 1.82) is 0 Å². The van der Waals surface area contributed by atoms with Crippen LogP contribution in [0.5, 0.6) is 11.5 Å². The van der Waals surface area contributed by atoms with E-state index in [0.29, 0.717) is 23.2 Å². The van der Waals surface area contributed by atoms with E-state index < -0.39 is 0 Å². The minimum absolute atomic E-state index is 0.229. The van der Waals surface area contributed by atoms with Crippen LogP contribution in [0.15, 0.2) is 18.2 Å². The van der Waals surface area contributed by atoms with Crippen molar-refractivity contribution in [2.45, 2.75) is 62.7 Å². The van der Waals surface area contributed by atoms with Gasteiger partial charge in [0.05, 0.1) is 0 Å². The predicted octanol–water partition coefficient (Wildman–Crippen LogP) is 4.89. The van der Waals surface area contributed by atoms with Gasteiger partial charge in [-0.1, -0.05) is 22.0 Å². The molecule has 1 amide bonds. The number of ether oxygens (including phenoxy) is 2. The zero-order chi connectivity index (χ0) is 18.6. The minimum Gasteiger partial charge on any atom is -0.454 e. The maximum absolute atomic E-state index is 13.3. The summed E-state index contributed by atoms with van der Waals surface area (Å²) in [5.41, 5.74) is 1.34. The molecule has 4 aliphatic carbocycles. The number of benzene rings is 1. The van der Waals surface area contributed by atoms with Crippen LogP contribution in [0, 0.1) is 17.3 Å². The Morgan fingerprint density at radius 3 is 2.63 bits per heavy atom. The fourth-order valence-corrected chi connectivity index (χ4v) is 8.12. The molecule has 0 N–H and O–H groups in total. The third-order valence-corrected chi connectivity index (χ3v) is 8.11. The average molecular weight is 434 g/mol. The Morgan fingerprint density at radius 2 is 1.93 bits per heavy atom. The van der Waals surface area contributed by atoms with Crippen molar-refractivity contribution < 1.29 is 14.3 Å². The van der Waals surface area contributed by atoms with Crippen molar-refractivity contribution in [3.63, 3.8) is 0 Å². The molecule has 27 heavy (non-hydrogen) atoms. The lowest BCUT2D eigenvalue weighted by atomic mass is 9.48. The van der Waals surface area contributed by atoms with Gasteiger partial charge >= 0.3 is 0 Å². The summed E-state index contributed by atoms with van der Waals surface area (Å²) in [7, 11) is 0. The van der Waals surface area contributed by atoms with Gasteiger partial charge in [-0.25, -0.2) is 0 Å². The van der Waals surface area contributed by atoms with Crippen molar-refractivity contribution in [3.05, 3.63) is 23.8 Å². The Hall–Kier alpha value is -1.23. The van der Waals surface area contributed by atoms with Crippen LogP contribution in [0.25, 0.3) is 0 Å². The lowest BCUT2D eigenvalue weighted by Gasteiger charge is -2.60. The van der Waals surface area contributed by atoms with E-state index in [1.165, 1.54) is 38.5 Å². The smallest absolute Gasteiger partial charge is 0.231 e. The molecule has 2 unspecified atom stereocenters. The summed E-state index contributed by atoms with van der Waals surface area (Å²) in [4.78, 5) is 15.3. The van der Waals surface area contributed by atoms with Crippen molar-refractivity contribution in [2.75, 3.05) is 13.3 Å². The summed E-state index contributed by atoms with van der Waals surface area (Å²) in [6.07, 6.45) is 8.42. The molecule has 0 radical (unpaired) electrons. The first-order valence-corrected chi connectivity index (χ1v) is 11.1.